The number of nitrogens with one attached hydrogen (secondary N) is 1. The summed E-state index contributed by atoms with van der Waals surface area (Å²) in [7, 11) is 0. The van der Waals surface area contributed by atoms with Crippen LogP contribution in [0.25, 0.3) is 11.7 Å². The summed E-state index contributed by atoms with van der Waals surface area (Å²) in [5.74, 6) is 3.23. The van der Waals surface area contributed by atoms with Crippen molar-refractivity contribution >= 4 is 0 Å². The Morgan fingerprint density at radius 2 is 2.33 bits per heavy atom. The van der Waals surface area contributed by atoms with Gasteiger partial charge < -0.3 is 14.3 Å². The third kappa shape index (κ3) is 2.10. The van der Waals surface area contributed by atoms with Crippen LogP contribution in [0.2, 0.25) is 0 Å². The predicted octanol–water partition coefficient (Wildman–Crippen LogP) is 1.76. The first-order chi connectivity index (χ1) is 10.1. The van der Waals surface area contributed by atoms with Crippen LogP contribution >= 0.6 is 0 Å². The lowest BCUT2D eigenvalue weighted by Gasteiger charge is -2.34. The molecule has 2 aliphatic rings. The van der Waals surface area contributed by atoms with E-state index in [1.165, 1.54) is 0 Å². The summed E-state index contributed by atoms with van der Waals surface area (Å²) >= 11 is 0. The topological polar surface area (TPSA) is 67.3 Å². The number of hydrogen-bond donors (Lipinski definition) is 1. The zero-order valence-electron chi connectivity index (χ0n) is 12.4. The van der Waals surface area contributed by atoms with Gasteiger partial charge in [0.1, 0.15) is 0 Å². The fourth-order valence-corrected chi connectivity index (χ4v) is 3.76. The van der Waals surface area contributed by atoms with Gasteiger partial charge in [0.25, 0.3) is 5.89 Å². The van der Waals surface area contributed by atoms with Crippen LogP contribution in [0.15, 0.2) is 27.3 Å². The minimum Gasteiger partial charge on any atom is -0.459 e. The van der Waals surface area contributed by atoms with Crippen LogP contribution in [-0.2, 0) is 6.54 Å². The van der Waals surface area contributed by atoms with Crippen LogP contribution < -0.4 is 5.32 Å². The zero-order valence-corrected chi connectivity index (χ0v) is 12.4. The van der Waals surface area contributed by atoms with E-state index in [-0.39, 0.29) is 5.54 Å². The molecule has 21 heavy (non-hydrogen) atoms. The second-order valence-corrected chi connectivity index (χ2v) is 6.55. The largest absolute Gasteiger partial charge is 0.459 e. The normalized spacial score (nSPS) is 28.1. The van der Waals surface area contributed by atoms with Gasteiger partial charge in [-0.05, 0) is 44.4 Å². The van der Waals surface area contributed by atoms with E-state index < -0.39 is 0 Å². The monoisotopic (exact) mass is 288 g/mol. The summed E-state index contributed by atoms with van der Waals surface area (Å²) < 4.78 is 10.6. The number of likely N-dealkylation sites (tertiary alicyclic amines) is 1. The number of furan rings is 1. The van der Waals surface area contributed by atoms with Crippen molar-refractivity contribution in [2.45, 2.75) is 25.9 Å². The van der Waals surface area contributed by atoms with Crippen LogP contribution in [0.3, 0.4) is 0 Å². The molecule has 112 valence electrons. The highest BCUT2D eigenvalue weighted by Gasteiger charge is 2.49. The summed E-state index contributed by atoms with van der Waals surface area (Å²) in [6.45, 7) is 8.68. The van der Waals surface area contributed by atoms with Crippen molar-refractivity contribution in [2.24, 2.45) is 11.8 Å². The molecule has 0 bridgehead atoms. The molecule has 6 nitrogen and oxygen atoms in total. The third-order valence-corrected chi connectivity index (χ3v) is 5.05. The van der Waals surface area contributed by atoms with Gasteiger partial charge in [-0.1, -0.05) is 5.16 Å². The van der Waals surface area contributed by atoms with Gasteiger partial charge in [-0.2, -0.15) is 4.98 Å². The van der Waals surface area contributed by atoms with Gasteiger partial charge in [0.05, 0.1) is 12.8 Å². The summed E-state index contributed by atoms with van der Waals surface area (Å²) in [5.41, 5.74) is 0.166. The first-order valence-electron chi connectivity index (χ1n) is 7.47. The van der Waals surface area contributed by atoms with Gasteiger partial charge in [0.2, 0.25) is 0 Å². The van der Waals surface area contributed by atoms with E-state index >= 15 is 0 Å². The predicted molar refractivity (Wildman–Crippen MR) is 76.3 cm³/mol. The van der Waals surface area contributed by atoms with E-state index in [0.29, 0.717) is 17.6 Å². The molecule has 2 aromatic rings. The van der Waals surface area contributed by atoms with Crippen molar-refractivity contribution in [3.63, 3.8) is 0 Å². The van der Waals surface area contributed by atoms with E-state index in [1.54, 1.807) is 6.26 Å². The highest BCUT2D eigenvalue weighted by Crippen LogP contribution is 2.41. The highest BCUT2D eigenvalue weighted by molar-refractivity contribution is 5.42. The first kappa shape index (κ1) is 13.0. The lowest BCUT2D eigenvalue weighted by molar-refractivity contribution is 0.127. The molecule has 0 aliphatic carbocycles. The molecular formula is C15H20N4O2. The zero-order chi connectivity index (χ0) is 14.4. The van der Waals surface area contributed by atoms with E-state index in [1.807, 2.05) is 12.1 Å². The van der Waals surface area contributed by atoms with Crippen LogP contribution in [-0.4, -0.2) is 40.2 Å². The molecule has 1 N–H and O–H groups in total. The van der Waals surface area contributed by atoms with Gasteiger partial charge in [-0.25, -0.2) is 0 Å². The molecule has 0 aromatic carbocycles. The molecule has 0 spiro atoms. The van der Waals surface area contributed by atoms with Gasteiger partial charge in [-0.3, -0.25) is 4.90 Å². The SMILES string of the molecule is CC1(C)C2CNCC2CN1Cc1noc(-c2ccco2)n1. The second-order valence-electron chi connectivity index (χ2n) is 6.55. The van der Waals surface area contributed by atoms with Crippen molar-refractivity contribution in [1.82, 2.24) is 20.4 Å². The minimum absolute atomic E-state index is 0.166. The molecule has 4 rings (SSSR count). The summed E-state index contributed by atoms with van der Waals surface area (Å²) in [5, 5.41) is 7.59. The van der Waals surface area contributed by atoms with Crippen molar-refractivity contribution in [1.29, 1.82) is 0 Å². The molecular weight excluding hydrogens is 268 g/mol. The van der Waals surface area contributed by atoms with E-state index in [4.69, 9.17) is 8.94 Å². The molecule has 2 atom stereocenters. The maximum atomic E-state index is 5.29. The second kappa shape index (κ2) is 4.68. The van der Waals surface area contributed by atoms with Crippen LogP contribution in [0, 0.1) is 11.8 Å². The fourth-order valence-electron chi connectivity index (χ4n) is 3.76. The number of fused-ring (bicyclic) bond motifs is 1. The molecule has 6 heteroatoms. The summed E-state index contributed by atoms with van der Waals surface area (Å²) in [4.78, 5) is 6.92. The standard InChI is InChI=1S/C15H20N4O2/c1-15(2)11-7-16-6-10(11)8-19(15)9-13-17-14(21-18-13)12-4-3-5-20-12/h3-5,10-11,16H,6-9H2,1-2H3. The molecule has 2 saturated heterocycles. The van der Waals surface area contributed by atoms with Crippen molar-refractivity contribution in [3.05, 3.63) is 24.2 Å². The lowest BCUT2D eigenvalue weighted by atomic mass is 9.85. The Hall–Kier alpha value is -1.66. The maximum Gasteiger partial charge on any atom is 0.293 e. The Morgan fingerprint density at radius 3 is 3.10 bits per heavy atom. The number of aromatic nitrogens is 2. The number of nitrogens with zero attached hydrogens (tertiary/aromatic N) is 3. The van der Waals surface area contributed by atoms with Crippen LogP contribution in [0.5, 0.6) is 0 Å². The summed E-state index contributed by atoms with van der Waals surface area (Å²) in [6.07, 6.45) is 1.61. The highest BCUT2D eigenvalue weighted by atomic mass is 16.5. The maximum absolute atomic E-state index is 5.29. The molecule has 2 aliphatic heterocycles. The quantitative estimate of drug-likeness (QED) is 0.928. The van der Waals surface area contributed by atoms with Crippen LogP contribution in [0.4, 0.5) is 0 Å². The van der Waals surface area contributed by atoms with Crippen LogP contribution in [0.1, 0.15) is 19.7 Å². The molecule has 4 heterocycles. The minimum atomic E-state index is 0.166. The molecule has 2 fully saturated rings. The number of rotatable bonds is 3. The Kier molecular flexibility index (Phi) is 2.90. The Labute approximate surface area is 123 Å². The molecule has 0 radical (unpaired) electrons. The third-order valence-electron chi connectivity index (χ3n) is 5.05. The lowest BCUT2D eigenvalue weighted by Crippen LogP contribution is -2.44. The summed E-state index contributed by atoms with van der Waals surface area (Å²) in [6, 6.07) is 3.64. The Bertz CT molecular complexity index is 619. The van der Waals surface area contributed by atoms with E-state index in [0.717, 1.165) is 37.9 Å². The van der Waals surface area contributed by atoms with Gasteiger partial charge in [0.15, 0.2) is 11.6 Å². The van der Waals surface area contributed by atoms with Gasteiger partial charge in [0, 0.05) is 18.6 Å². The Morgan fingerprint density at radius 1 is 1.43 bits per heavy atom. The van der Waals surface area contributed by atoms with Gasteiger partial charge >= 0.3 is 0 Å². The molecule has 2 unspecified atom stereocenters. The van der Waals surface area contributed by atoms with Crippen molar-refractivity contribution < 1.29 is 8.94 Å². The van der Waals surface area contributed by atoms with E-state index in [2.05, 4.69) is 34.2 Å². The smallest absolute Gasteiger partial charge is 0.293 e. The van der Waals surface area contributed by atoms with Crippen molar-refractivity contribution in [3.8, 4) is 11.7 Å². The fraction of sp³-hybridized carbons (Fsp3) is 0.600. The average molecular weight is 288 g/mol. The molecule has 0 amide bonds. The Balaban J connectivity index is 1.52. The first-order valence-corrected chi connectivity index (χ1v) is 7.47. The molecule has 0 saturated carbocycles. The number of hydrogen-bond acceptors (Lipinski definition) is 6. The average Bonchev–Trinajstić information content (AvgIpc) is 3.20. The molecule has 2 aromatic heterocycles. The van der Waals surface area contributed by atoms with Gasteiger partial charge in [-0.15, -0.1) is 0 Å². The van der Waals surface area contributed by atoms with E-state index in [9.17, 15) is 0 Å². The van der Waals surface area contributed by atoms with Crippen molar-refractivity contribution in [2.75, 3.05) is 19.6 Å².